The van der Waals surface area contributed by atoms with Gasteiger partial charge in [-0.15, -0.1) is 17.0 Å². The van der Waals surface area contributed by atoms with E-state index in [1.165, 1.54) is 11.1 Å². The summed E-state index contributed by atoms with van der Waals surface area (Å²) < 4.78 is 2.92. The maximum absolute atomic E-state index is 12.1. The summed E-state index contributed by atoms with van der Waals surface area (Å²) in [5, 5.41) is 0. The number of ketones is 1. The van der Waals surface area contributed by atoms with Gasteiger partial charge >= 0.3 is 0 Å². The van der Waals surface area contributed by atoms with Crippen molar-refractivity contribution in [2.24, 2.45) is 0 Å². The average Bonchev–Trinajstić information content (AvgIpc) is 2.28. The molecule has 0 aliphatic carbocycles. The number of pyridine rings is 1. The number of carbonyl (C=O) groups is 1. The van der Waals surface area contributed by atoms with E-state index in [0.29, 0.717) is 6.54 Å². The van der Waals surface area contributed by atoms with Gasteiger partial charge in [-0.2, -0.15) is 4.57 Å². The fourth-order valence-corrected chi connectivity index (χ4v) is 2.24. The maximum atomic E-state index is 12.1. The van der Waals surface area contributed by atoms with E-state index in [0.717, 1.165) is 10.0 Å². The standard InChI is InChI=1S/C15H15BrNO.BrH/c1-11-7-12(2)9-17(8-11)10-15(18)13-3-5-14(16)6-4-13;/h3-9H,10H2,1-2H3;1H/q+1;. The SMILES string of the molecule is Br.Cc1cc(C)c[n+](CC(=O)c2ccc(Br)cc2)c1. The van der Waals surface area contributed by atoms with Crippen LogP contribution in [-0.4, -0.2) is 5.78 Å². The molecule has 0 aliphatic rings. The van der Waals surface area contributed by atoms with Gasteiger partial charge in [0.05, 0.1) is 0 Å². The number of benzene rings is 1. The second-order valence-electron chi connectivity index (χ2n) is 4.49. The molecule has 0 saturated carbocycles. The third-order valence-corrected chi connectivity index (χ3v) is 3.22. The van der Waals surface area contributed by atoms with E-state index in [1.807, 2.05) is 55.1 Å². The molecule has 1 heterocycles. The number of hydrogen-bond donors (Lipinski definition) is 0. The molecule has 0 fully saturated rings. The van der Waals surface area contributed by atoms with E-state index in [9.17, 15) is 4.79 Å². The van der Waals surface area contributed by atoms with Crippen molar-refractivity contribution in [3.63, 3.8) is 0 Å². The number of carbonyl (C=O) groups excluding carboxylic acids is 1. The zero-order valence-corrected chi connectivity index (χ0v) is 14.2. The Kier molecular flexibility index (Phi) is 5.88. The zero-order chi connectivity index (χ0) is 13.1. The monoisotopic (exact) mass is 384 g/mol. The van der Waals surface area contributed by atoms with Crippen LogP contribution in [0.4, 0.5) is 0 Å². The first-order valence-corrected chi connectivity index (χ1v) is 6.60. The van der Waals surface area contributed by atoms with Crippen LogP contribution in [0.1, 0.15) is 21.5 Å². The molecule has 0 bridgehead atoms. The molecule has 1 aromatic heterocycles. The van der Waals surface area contributed by atoms with Crippen LogP contribution >= 0.6 is 32.9 Å². The summed E-state index contributed by atoms with van der Waals surface area (Å²) in [5.41, 5.74) is 3.07. The molecular weight excluding hydrogens is 370 g/mol. The van der Waals surface area contributed by atoms with Gasteiger partial charge in [-0.25, -0.2) is 0 Å². The third-order valence-electron chi connectivity index (χ3n) is 2.69. The summed E-state index contributed by atoms with van der Waals surface area (Å²) in [6, 6.07) is 9.56. The molecule has 0 unspecified atom stereocenters. The van der Waals surface area contributed by atoms with Crippen molar-refractivity contribution < 1.29 is 9.36 Å². The van der Waals surface area contributed by atoms with E-state index < -0.39 is 0 Å². The number of aromatic nitrogens is 1. The number of rotatable bonds is 3. The summed E-state index contributed by atoms with van der Waals surface area (Å²) in [6.45, 7) is 4.45. The highest BCUT2D eigenvalue weighted by Gasteiger charge is 2.12. The van der Waals surface area contributed by atoms with Gasteiger partial charge in [-0.05, 0) is 32.0 Å². The van der Waals surface area contributed by atoms with E-state index in [1.54, 1.807) is 0 Å². The van der Waals surface area contributed by atoms with Gasteiger partial charge in [0.25, 0.3) is 0 Å². The molecule has 4 heteroatoms. The lowest BCUT2D eigenvalue weighted by molar-refractivity contribution is -0.683. The lowest BCUT2D eigenvalue weighted by atomic mass is 10.1. The molecule has 0 aliphatic heterocycles. The molecular formula is C15H16Br2NO+. The summed E-state index contributed by atoms with van der Waals surface area (Å²) in [6.07, 6.45) is 3.98. The number of aryl methyl sites for hydroxylation is 2. The Morgan fingerprint density at radius 1 is 1.11 bits per heavy atom. The maximum Gasteiger partial charge on any atom is 0.227 e. The van der Waals surface area contributed by atoms with Crippen molar-refractivity contribution in [1.82, 2.24) is 0 Å². The van der Waals surface area contributed by atoms with Crippen LogP contribution < -0.4 is 4.57 Å². The molecule has 2 aromatic rings. The third kappa shape index (κ3) is 4.55. The smallest absolute Gasteiger partial charge is 0.227 e. The van der Waals surface area contributed by atoms with Crippen LogP contribution in [-0.2, 0) is 6.54 Å². The largest absolute Gasteiger partial charge is 0.287 e. The molecule has 2 rings (SSSR count). The predicted octanol–water partition coefficient (Wildman–Crippen LogP) is 3.81. The molecule has 0 atom stereocenters. The fourth-order valence-electron chi connectivity index (χ4n) is 1.98. The first-order chi connectivity index (χ1) is 8.54. The van der Waals surface area contributed by atoms with Gasteiger partial charge < -0.3 is 0 Å². The van der Waals surface area contributed by atoms with E-state index in [4.69, 9.17) is 0 Å². The van der Waals surface area contributed by atoms with Crippen LogP contribution in [0.15, 0.2) is 47.2 Å². The highest BCUT2D eigenvalue weighted by molar-refractivity contribution is 9.10. The number of nitrogens with zero attached hydrogens (tertiary/aromatic N) is 1. The summed E-state index contributed by atoms with van der Waals surface area (Å²) >= 11 is 3.36. The topological polar surface area (TPSA) is 20.9 Å². The number of halogens is 2. The van der Waals surface area contributed by atoms with Gasteiger partial charge in [0.1, 0.15) is 0 Å². The molecule has 19 heavy (non-hydrogen) atoms. The van der Waals surface area contributed by atoms with Gasteiger partial charge in [0.15, 0.2) is 12.4 Å². The Morgan fingerprint density at radius 2 is 1.63 bits per heavy atom. The zero-order valence-electron chi connectivity index (χ0n) is 10.9. The van der Waals surface area contributed by atoms with Crippen LogP contribution in [0.5, 0.6) is 0 Å². The highest BCUT2D eigenvalue weighted by atomic mass is 79.9. The molecule has 0 amide bonds. The lowest BCUT2D eigenvalue weighted by Crippen LogP contribution is -2.38. The summed E-state index contributed by atoms with van der Waals surface area (Å²) in [5.74, 6) is 0.123. The van der Waals surface area contributed by atoms with Crippen molar-refractivity contribution >= 4 is 38.7 Å². The first kappa shape index (κ1) is 16.1. The van der Waals surface area contributed by atoms with Gasteiger partial charge in [-0.1, -0.05) is 28.1 Å². The van der Waals surface area contributed by atoms with Crippen LogP contribution in [0.2, 0.25) is 0 Å². The van der Waals surface area contributed by atoms with Crippen molar-refractivity contribution in [3.05, 3.63) is 63.9 Å². The average molecular weight is 386 g/mol. The number of hydrogen-bond acceptors (Lipinski definition) is 1. The minimum Gasteiger partial charge on any atom is -0.287 e. The van der Waals surface area contributed by atoms with Gasteiger partial charge in [0.2, 0.25) is 12.3 Å². The Labute approximate surface area is 132 Å². The Bertz CT molecular complexity index is 559. The number of Topliss-reactive ketones (excluding diaryl/α,β-unsaturated/α-hetero) is 1. The normalized spacial score (nSPS) is 9.84. The van der Waals surface area contributed by atoms with Gasteiger partial charge in [-0.3, -0.25) is 4.79 Å². The van der Waals surface area contributed by atoms with E-state index in [-0.39, 0.29) is 22.8 Å². The van der Waals surface area contributed by atoms with Crippen molar-refractivity contribution in [3.8, 4) is 0 Å². The van der Waals surface area contributed by atoms with Crippen LogP contribution in [0, 0.1) is 13.8 Å². The molecule has 0 spiro atoms. The van der Waals surface area contributed by atoms with Gasteiger partial charge in [0, 0.05) is 21.2 Å². The van der Waals surface area contributed by atoms with Crippen molar-refractivity contribution in [1.29, 1.82) is 0 Å². The Balaban J connectivity index is 0.00000180. The van der Waals surface area contributed by atoms with Crippen LogP contribution in [0.25, 0.3) is 0 Å². The molecule has 100 valence electrons. The molecule has 2 nitrogen and oxygen atoms in total. The molecule has 0 radical (unpaired) electrons. The first-order valence-electron chi connectivity index (χ1n) is 5.81. The predicted molar refractivity (Wildman–Crippen MR) is 84.9 cm³/mol. The summed E-state index contributed by atoms with van der Waals surface area (Å²) in [4.78, 5) is 12.1. The lowest BCUT2D eigenvalue weighted by Gasteiger charge is -2.00. The van der Waals surface area contributed by atoms with E-state index >= 15 is 0 Å². The molecule has 1 aromatic carbocycles. The highest BCUT2D eigenvalue weighted by Crippen LogP contribution is 2.11. The molecule has 0 saturated heterocycles. The quantitative estimate of drug-likeness (QED) is 0.581. The second-order valence-corrected chi connectivity index (χ2v) is 5.41. The van der Waals surface area contributed by atoms with Crippen molar-refractivity contribution in [2.45, 2.75) is 20.4 Å². The summed E-state index contributed by atoms with van der Waals surface area (Å²) in [7, 11) is 0. The Morgan fingerprint density at radius 3 is 2.16 bits per heavy atom. The minimum absolute atomic E-state index is 0. The van der Waals surface area contributed by atoms with Crippen molar-refractivity contribution in [2.75, 3.05) is 0 Å². The van der Waals surface area contributed by atoms with E-state index in [2.05, 4.69) is 22.0 Å². The fraction of sp³-hybridized carbons (Fsp3) is 0.200. The van der Waals surface area contributed by atoms with Crippen LogP contribution in [0.3, 0.4) is 0 Å². The Hall–Kier alpha value is -1.00. The molecule has 0 N–H and O–H groups in total. The second kappa shape index (κ2) is 6.96. The minimum atomic E-state index is 0.